The zero-order valence-electron chi connectivity index (χ0n) is 11.5. The molecule has 0 aliphatic rings. The van der Waals surface area contributed by atoms with E-state index < -0.39 is 17.8 Å². The highest BCUT2D eigenvalue weighted by Gasteiger charge is 2.33. The average molecular weight is 325 g/mol. The molecule has 1 aromatic heterocycles. The Morgan fingerprint density at radius 3 is 2.43 bits per heavy atom. The second-order valence-electron chi connectivity index (χ2n) is 4.31. The standard InChI is InChI=1S/C11H13ClF3N5O/c1-18(2)6-20(10(16)21)19(3)9-8(12)4-7(5-17-9)11(13,14)15/h4-6H,1-3H3,(H-,16,21)/p+1. The fourth-order valence-corrected chi connectivity index (χ4v) is 1.72. The number of rotatable bonds is 3. The maximum absolute atomic E-state index is 12.5. The molecule has 1 heterocycles. The summed E-state index contributed by atoms with van der Waals surface area (Å²) in [5, 5.41) is 1.84. The first-order chi connectivity index (χ1) is 9.54. The van der Waals surface area contributed by atoms with Gasteiger partial charge in [-0.15, -0.1) is 0 Å². The van der Waals surface area contributed by atoms with Crippen molar-refractivity contribution in [3.8, 4) is 0 Å². The Balaban J connectivity index is 3.21. The largest absolute Gasteiger partial charge is 0.429 e. The van der Waals surface area contributed by atoms with Crippen molar-refractivity contribution in [1.29, 1.82) is 0 Å². The lowest BCUT2D eigenvalue weighted by molar-refractivity contribution is -0.463. The molecule has 10 heteroatoms. The minimum atomic E-state index is -4.55. The molecule has 1 aromatic rings. The Hall–Kier alpha value is -2.03. The van der Waals surface area contributed by atoms with Crippen LogP contribution in [0.4, 0.5) is 23.8 Å². The van der Waals surface area contributed by atoms with Crippen molar-refractivity contribution >= 4 is 29.8 Å². The van der Waals surface area contributed by atoms with E-state index in [4.69, 9.17) is 17.3 Å². The van der Waals surface area contributed by atoms with E-state index in [1.54, 1.807) is 14.1 Å². The number of urea groups is 1. The number of amides is 2. The van der Waals surface area contributed by atoms with Crippen LogP contribution >= 0.6 is 11.6 Å². The Morgan fingerprint density at radius 1 is 1.48 bits per heavy atom. The molecule has 6 nitrogen and oxygen atoms in total. The van der Waals surface area contributed by atoms with Crippen molar-refractivity contribution in [2.24, 2.45) is 5.73 Å². The SMILES string of the molecule is CN(c1ncc(C(F)(F)F)cc1Cl)N(C=[N+](C)C)C(N)=O. The third-order valence-electron chi connectivity index (χ3n) is 2.34. The van der Waals surface area contributed by atoms with E-state index >= 15 is 0 Å². The number of pyridine rings is 1. The first kappa shape index (κ1) is 17.0. The quantitative estimate of drug-likeness (QED) is 0.399. The van der Waals surface area contributed by atoms with Crippen LogP contribution < -0.4 is 10.7 Å². The minimum Gasteiger partial charge on any atom is -0.329 e. The lowest BCUT2D eigenvalue weighted by atomic mass is 10.3. The van der Waals surface area contributed by atoms with Crippen LogP contribution in [0.1, 0.15) is 5.56 Å². The number of anilines is 1. The van der Waals surface area contributed by atoms with Crippen LogP contribution in [-0.2, 0) is 6.18 Å². The highest BCUT2D eigenvalue weighted by molar-refractivity contribution is 6.33. The number of hydrogen-bond donors (Lipinski definition) is 1. The fraction of sp³-hybridized carbons (Fsp3) is 0.364. The molecule has 21 heavy (non-hydrogen) atoms. The predicted molar refractivity (Wildman–Crippen MR) is 72.2 cm³/mol. The smallest absolute Gasteiger partial charge is 0.329 e. The van der Waals surface area contributed by atoms with Gasteiger partial charge < -0.3 is 5.73 Å². The van der Waals surface area contributed by atoms with Gasteiger partial charge in [0.25, 0.3) is 6.34 Å². The molecule has 0 spiro atoms. The van der Waals surface area contributed by atoms with Crippen molar-refractivity contribution in [3.05, 3.63) is 22.8 Å². The highest BCUT2D eigenvalue weighted by atomic mass is 35.5. The number of nitrogens with two attached hydrogens (primary N) is 1. The molecule has 2 amide bonds. The van der Waals surface area contributed by atoms with Gasteiger partial charge in [0.15, 0.2) is 5.82 Å². The summed E-state index contributed by atoms with van der Waals surface area (Å²) in [6, 6.07) is -0.112. The molecule has 0 saturated heterocycles. The summed E-state index contributed by atoms with van der Waals surface area (Å²) in [5.41, 5.74) is 4.23. The van der Waals surface area contributed by atoms with Crippen molar-refractivity contribution < 1.29 is 22.5 Å². The summed E-state index contributed by atoms with van der Waals surface area (Å²) in [6.07, 6.45) is -2.59. The molecule has 1 rings (SSSR count). The van der Waals surface area contributed by atoms with Crippen molar-refractivity contribution in [2.75, 3.05) is 26.2 Å². The van der Waals surface area contributed by atoms with E-state index in [2.05, 4.69) is 4.98 Å². The Labute approximate surface area is 124 Å². The summed E-state index contributed by atoms with van der Waals surface area (Å²) < 4.78 is 39.2. The Bertz CT molecular complexity index is 571. The minimum absolute atomic E-state index is 0.0402. The summed E-state index contributed by atoms with van der Waals surface area (Å²) in [6.45, 7) is 0. The van der Waals surface area contributed by atoms with Gasteiger partial charge in [0.05, 0.1) is 31.7 Å². The van der Waals surface area contributed by atoms with Crippen LogP contribution in [0.5, 0.6) is 0 Å². The van der Waals surface area contributed by atoms with Gasteiger partial charge in [0.2, 0.25) is 0 Å². The molecule has 0 bridgehead atoms. The van der Waals surface area contributed by atoms with Gasteiger partial charge in [-0.25, -0.2) is 9.78 Å². The van der Waals surface area contributed by atoms with Crippen LogP contribution in [-0.4, -0.2) is 48.1 Å². The maximum atomic E-state index is 12.5. The molecule has 0 fully saturated rings. The molecule has 0 unspecified atom stereocenters. The van der Waals surface area contributed by atoms with Crippen LogP contribution in [0.15, 0.2) is 12.3 Å². The molecule has 0 saturated carbocycles. The number of aromatic nitrogens is 1. The van der Waals surface area contributed by atoms with E-state index in [0.29, 0.717) is 6.20 Å². The zero-order valence-corrected chi connectivity index (χ0v) is 12.3. The van der Waals surface area contributed by atoms with Gasteiger partial charge in [-0.05, 0) is 6.07 Å². The second kappa shape index (κ2) is 6.17. The number of hydrazine groups is 1. The van der Waals surface area contributed by atoms with Crippen molar-refractivity contribution in [1.82, 2.24) is 9.99 Å². The maximum Gasteiger partial charge on any atom is 0.429 e. The van der Waals surface area contributed by atoms with Gasteiger partial charge >= 0.3 is 12.2 Å². The number of hydrogen-bond acceptors (Lipinski definition) is 3. The number of primary amides is 1. The first-order valence-electron chi connectivity index (χ1n) is 5.60. The van der Waals surface area contributed by atoms with E-state index in [9.17, 15) is 18.0 Å². The first-order valence-corrected chi connectivity index (χ1v) is 5.98. The monoisotopic (exact) mass is 324 g/mol. The third kappa shape index (κ3) is 4.22. The molecule has 116 valence electrons. The Kier molecular flexibility index (Phi) is 5.00. The molecule has 2 N–H and O–H groups in total. The predicted octanol–water partition coefficient (Wildman–Crippen LogP) is 1.79. The second-order valence-corrected chi connectivity index (χ2v) is 4.72. The summed E-state index contributed by atoms with van der Waals surface area (Å²) in [4.78, 5) is 15.0. The Morgan fingerprint density at radius 2 is 2.05 bits per heavy atom. The van der Waals surface area contributed by atoms with Gasteiger partial charge in [-0.3, -0.25) is 4.58 Å². The fourth-order valence-electron chi connectivity index (χ4n) is 1.43. The van der Waals surface area contributed by atoms with Gasteiger partial charge in [-0.2, -0.15) is 18.2 Å². The average Bonchev–Trinajstić information content (AvgIpc) is 2.33. The molecular formula is C11H14ClF3N5O+. The van der Waals surface area contributed by atoms with Gasteiger partial charge in [0.1, 0.15) is 0 Å². The van der Waals surface area contributed by atoms with Crippen LogP contribution in [0.2, 0.25) is 5.02 Å². The lowest BCUT2D eigenvalue weighted by Gasteiger charge is -2.22. The molecule has 0 aliphatic heterocycles. The van der Waals surface area contributed by atoms with Crippen molar-refractivity contribution in [3.63, 3.8) is 0 Å². The van der Waals surface area contributed by atoms with Crippen LogP contribution in [0.3, 0.4) is 0 Å². The zero-order chi connectivity index (χ0) is 16.4. The van der Waals surface area contributed by atoms with Crippen molar-refractivity contribution in [2.45, 2.75) is 6.18 Å². The van der Waals surface area contributed by atoms with E-state index in [1.807, 2.05) is 0 Å². The lowest BCUT2D eigenvalue weighted by Crippen LogP contribution is -2.48. The van der Waals surface area contributed by atoms with Gasteiger partial charge in [0, 0.05) is 6.20 Å². The van der Waals surface area contributed by atoms with Crippen LogP contribution in [0.25, 0.3) is 0 Å². The number of halogens is 4. The third-order valence-corrected chi connectivity index (χ3v) is 2.62. The molecule has 0 aliphatic carbocycles. The summed E-state index contributed by atoms with van der Waals surface area (Å²) in [7, 11) is 4.68. The van der Waals surface area contributed by atoms with E-state index in [0.717, 1.165) is 16.1 Å². The van der Waals surface area contributed by atoms with Gasteiger partial charge in [-0.1, -0.05) is 16.6 Å². The number of nitrogens with zero attached hydrogens (tertiary/aromatic N) is 4. The number of alkyl halides is 3. The topological polar surface area (TPSA) is 65.5 Å². The molecule has 0 atom stereocenters. The molecule has 0 radical (unpaired) electrons. The normalized spacial score (nSPS) is 11.0. The highest BCUT2D eigenvalue weighted by Crippen LogP contribution is 2.33. The number of carbonyl (C=O) groups excluding carboxylic acids is 1. The van der Waals surface area contributed by atoms with E-state index in [-0.39, 0.29) is 10.8 Å². The molecule has 0 aromatic carbocycles. The summed E-state index contributed by atoms with van der Waals surface area (Å²) in [5.74, 6) is -0.0402. The number of carbonyl (C=O) groups is 1. The molecular weight excluding hydrogens is 311 g/mol. The van der Waals surface area contributed by atoms with Crippen LogP contribution in [0, 0.1) is 0 Å². The summed E-state index contributed by atoms with van der Waals surface area (Å²) >= 11 is 5.81. The van der Waals surface area contributed by atoms with E-state index in [1.165, 1.54) is 18.0 Å².